The van der Waals surface area contributed by atoms with Crippen LogP contribution in [0, 0.1) is 11.8 Å². The lowest BCUT2D eigenvalue weighted by atomic mass is 9.94. The molecule has 330 valence electrons. The second kappa shape index (κ2) is 33.3. The monoisotopic (exact) mass is 929 g/mol. The molecule has 0 saturated carbocycles. The summed E-state index contributed by atoms with van der Waals surface area (Å²) in [6, 6.07) is 8.35. The van der Waals surface area contributed by atoms with Crippen molar-refractivity contribution in [2.75, 3.05) is 13.2 Å². The number of unbranched alkanes of at least 4 members (excludes halogenated alkanes) is 24. The summed E-state index contributed by atoms with van der Waals surface area (Å²) in [5.74, 6) is 2.79. The Labute approximate surface area is 374 Å². The fourth-order valence-corrected chi connectivity index (χ4v) is 9.42. The molecule has 0 saturated heterocycles. The van der Waals surface area contributed by atoms with Gasteiger partial charge in [-0.1, -0.05) is 239 Å². The molecule has 0 aliphatic rings. The van der Waals surface area contributed by atoms with Crippen LogP contribution in [0.25, 0.3) is 22.1 Å². The van der Waals surface area contributed by atoms with E-state index in [1.54, 1.807) is 0 Å². The van der Waals surface area contributed by atoms with Gasteiger partial charge >= 0.3 is 0 Å². The molecule has 58 heavy (non-hydrogen) atoms. The first kappa shape index (κ1) is 51.0. The Bertz CT molecular complexity index is 1360. The molecule has 1 heterocycles. The normalized spacial score (nSPS) is 12.8. The van der Waals surface area contributed by atoms with Crippen molar-refractivity contribution in [2.45, 2.75) is 233 Å². The van der Waals surface area contributed by atoms with E-state index in [0.29, 0.717) is 11.8 Å². The van der Waals surface area contributed by atoms with Gasteiger partial charge in [0, 0.05) is 8.95 Å². The van der Waals surface area contributed by atoms with Crippen LogP contribution in [-0.2, 0) is 0 Å². The number of hydrogen-bond donors (Lipinski definition) is 0. The molecule has 0 N–H and O–H groups in total. The molecule has 0 amide bonds. The van der Waals surface area contributed by atoms with E-state index in [2.05, 4.69) is 83.8 Å². The Morgan fingerprint density at radius 2 is 0.638 bits per heavy atom. The van der Waals surface area contributed by atoms with Gasteiger partial charge in [-0.05, 0) is 61.8 Å². The minimum Gasteiger partial charge on any atom is -0.491 e. The van der Waals surface area contributed by atoms with E-state index in [1.807, 2.05) is 0 Å². The first-order valence-electron chi connectivity index (χ1n) is 24.8. The number of halogens is 2. The molecule has 0 fully saturated rings. The highest BCUT2D eigenvalue weighted by Gasteiger charge is 2.18. The minimum absolute atomic E-state index is 0.568. The van der Waals surface area contributed by atoms with Crippen molar-refractivity contribution in [2.24, 2.45) is 11.8 Å². The number of hydrogen-bond acceptors (Lipinski definition) is 4. The fourth-order valence-electron chi connectivity index (χ4n) is 8.57. The van der Waals surface area contributed by atoms with Crippen LogP contribution in [0.5, 0.6) is 11.5 Å². The fraction of sp³-hybridized carbons (Fsp3) is 0.769. The second-order valence-electron chi connectivity index (χ2n) is 17.8. The Morgan fingerprint density at radius 1 is 0.379 bits per heavy atom. The molecule has 3 rings (SSSR count). The van der Waals surface area contributed by atoms with Gasteiger partial charge in [0.05, 0.1) is 24.2 Å². The van der Waals surface area contributed by atoms with E-state index in [9.17, 15) is 0 Å². The average molecular weight is 931 g/mol. The molecule has 3 aromatic rings. The van der Waals surface area contributed by atoms with Crippen LogP contribution in [0.2, 0.25) is 0 Å². The lowest BCUT2D eigenvalue weighted by Gasteiger charge is -2.20. The van der Waals surface area contributed by atoms with Crippen molar-refractivity contribution in [1.29, 1.82) is 0 Å². The molecule has 4 nitrogen and oxygen atoms in total. The van der Waals surface area contributed by atoms with Crippen molar-refractivity contribution in [1.82, 2.24) is 9.97 Å². The molecule has 1 aromatic heterocycles. The number of nitrogens with zero attached hydrogens (tertiary/aromatic N) is 2. The van der Waals surface area contributed by atoms with Crippen LogP contribution in [-0.4, -0.2) is 23.2 Å². The van der Waals surface area contributed by atoms with E-state index in [-0.39, 0.29) is 0 Å². The maximum Gasteiger partial charge on any atom is 0.148 e. The Morgan fingerprint density at radius 3 is 0.914 bits per heavy atom. The Balaban J connectivity index is 1.70. The second-order valence-corrected chi connectivity index (χ2v) is 19.6. The van der Waals surface area contributed by atoms with Crippen LogP contribution < -0.4 is 9.47 Å². The molecule has 0 bridgehead atoms. The highest BCUT2D eigenvalue weighted by molar-refractivity contribution is 9.10. The molecule has 2 aromatic carbocycles. The number of rotatable bonds is 38. The van der Waals surface area contributed by atoms with E-state index < -0.39 is 0 Å². The predicted molar refractivity (Wildman–Crippen MR) is 261 cm³/mol. The molecule has 2 atom stereocenters. The summed E-state index contributed by atoms with van der Waals surface area (Å²) in [5, 5.41) is 0. The summed E-state index contributed by atoms with van der Waals surface area (Å²) >= 11 is 7.59. The van der Waals surface area contributed by atoms with Gasteiger partial charge in [-0.15, -0.1) is 0 Å². The van der Waals surface area contributed by atoms with Gasteiger partial charge < -0.3 is 9.47 Å². The Kier molecular flexibility index (Phi) is 29.2. The first-order chi connectivity index (χ1) is 28.5. The lowest BCUT2D eigenvalue weighted by molar-refractivity contribution is 0.225. The van der Waals surface area contributed by atoms with E-state index in [0.717, 1.165) is 55.7 Å². The molecule has 0 spiro atoms. The third-order valence-electron chi connectivity index (χ3n) is 12.3. The van der Waals surface area contributed by atoms with Gasteiger partial charge in [0.25, 0.3) is 0 Å². The summed E-state index contributed by atoms with van der Waals surface area (Å²) in [4.78, 5) is 10.5. The summed E-state index contributed by atoms with van der Waals surface area (Å²) in [7, 11) is 0. The van der Waals surface area contributed by atoms with Crippen molar-refractivity contribution >= 4 is 53.9 Å². The molecule has 0 radical (unpaired) electrons. The zero-order chi connectivity index (χ0) is 41.5. The van der Waals surface area contributed by atoms with Gasteiger partial charge in [0.15, 0.2) is 0 Å². The van der Waals surface area contributed by atoms with Gasteiger partial charge in [-0.2, -0.15) is 0 Å². The SMILES string of the molecule is CCCCCCCCCCC(CCCCCCCC)COc1cc(Br)cc2nc3c(OCC(CCCCCCCC)CCCCCCCCCC)cc(Br)cc3nc12. The largest absolute Gasteiger partial charge is 0.491 e. The number of ether oxygens (including phenoxy) is 2. The van der Waals surface area contributed by atoms with Gasteiger partial charge in [0.2, 0.25) is 0 Å². The summed E-state index contributed by atoms with van der Waals surface area (Å²) in [5.41, 5.74) is 3.37. The van der Waals surface area contributed by atoms with Crippen LogP contribution in [0.15, 0.2) is 33.2 Å². The summed E-state index contributed by atoms with van der Waals surface area (Å²) in [6.07, 6.45) is 42.8. The van der Waals surface area contributed by atoms with Crippen LogP contribution in [0.3, 0.4) is 0 Å². The zero-order valence-corrected chi connectivity index (χ0v) is 41.1. The molecule has 2 unspecified atom stereocenters. The van der Waals surface area contributed by atoms with Gasteiger partial charge in [0.1, 0.15) is 22.5 Å². The average Bonchev–Trinajstić information content (AvgIpc) is 3.21. The quantitative estimate of drug-likeness (QED) is 0.0424. The number of aromatic nitrogens is 2. The summed E-state index contributed by atoms with van der Waals surface area (Å²) < 4.78 is 15.4. The van der Waals surface area contributed by atoms with Gasteiger partial charge in [-0.3, -0.25) is 0 Å². The van der Waals surface area contributed by atoms with Crippen molar-refractivity contribution in [3.8, 4) is 11.5 Å². The molecular weight excluding hydrogens is 844 g/mol. The smallest absolute Gasteiger partial charge is 0.148 e. The van der Waals surface area contributed by atoms with Gasteiger partial charge in [-0.25, -0.2) is 9.97 Å². The zero-order valence-electron chi connectivity index (χ0n) is 38.0. The summed E-state index contributed by atoms with van der Waals surface area (Å²) in [6.45, 7) is 10.7. The predicted octanol–water partition coefficient (Wildman–Crippen LogP) is 18.9. The van der Waals surface area contributed by atoms with Crippen molar-refractivity contribution < 1.29 is 9.47 Å². The van der Waals surface area contributed by atoms with Crippen LogP contribution >= 0.6 is 31.9 Å². The van der Waals surface area contributed by atoms with Crippen LogP contribution in [0.4, 0.5) is 0 Å². The number of benzene rings is 2. The highest BCUT2D eigenvalue weighted by atomic mass is 79.9. The third kappa shape index (κ3) is 21.9. The minimum atomic E-state index is 0.568. The molecule has 6 heteroatoms. The van der Waals surface area contributed by atoms with Crippen molar-refractivity contribution in [3.05, 3.63) is 33.2 Å². The lowest BCUT2D eigenvalue weighted by Crippen LogP contribution is -2.13. The molecule has 0 aliphatic carbocycles. The Hall–Kier alpha value is -1.40. The topological polar surface area (TPSA) is 44.2 Å². The van der Waals surface area contributed by atoms with Crippen LogP contribution in [0.1, 0.15) is 233 Å². The first-order valence-corrected chi connectivity index (χ1v) is 26.4. The standard InChI is InChI=1S/C52H86Br2N2O2/c1-5-9-13-17-21-23-27-31-35-43(33-29-25-19-15-11-7-3)41-57-49-39-45(53)37-47-51(49)55-48-38-46(54)40-50(52(48)56-47)58-42-44(34-30-26-20-16-12-8-4)36-32-28-24-22-18-14-10-6-2/h37-40,43-44H,5-36,41-42H2,1-4H3. The molecule has 0 aliphatic heterocycles. The van der Waals surface area contributed by atoms with Crippen molar-refractivity contribution in [3.63, 3.8) is 0 Å². The highest BCUT2D eigenvalue weighted by Crippen LogP contribution is 2.35. The van der Waals surface area contributed by atoms with E-state index in [1.165, 1.54) is 205 Å². The number of fused-ring (bicyclic) bond motifs is 2. The molecular formula is C52H86Br2N2O2. The maximum absolute atomic E-state index is 6.74. The van der Waals surface area contributed by atoms with E-state index in [4.69, 9.17) is 19.4 Å². The van der Waals surface area contributed by atoms with E-state index >= 15 is 0 Å². The maximum atomic E-state index is 6.74. The third-order valence-corrected chi connectivity index (χ3v) is 13.2.